The summed E-state index contributed by atoms with van der Waals surface area (Å²) < 4.78 is 0. The fraction of sp³-hybridized carbons (Fsp3) is 0.200. The van der Waals surface area contributed by atoms with Gasteiger partial charge in [-0.3, -0.25) is 9.59 Å². The Morgan fingerprint density at radius 3 is 2.23 bits per heavy atom. The predicted octanol–water partition coefficient (Wildman–Crippen LogP) is 3.96. The van der Waals surface area contributed by atoms with Crippen molar-refractivity contribution in [3.63, 3.8) is 0 Å². The number of rotatable bonds is 6. The van der Waals surface area contributed by atoms with E-state index in [2.05, 4.69) is 40.7 Å². The number of amides is 2. The third kappa shape index (κ3) is 6.06. The van der Waals surface area contributed by atoms with Crippen molar-refractivity contribution in [1.29, 1.82) is 0 Å². The highest BCUT2D eigenvalue weighted by Gasteiger charge is 2.19. The fourth-order valence-electron chi connectivity index (χ4n) is 4.22. The van der Waals surface area contributed by atoms with Gasteiger partial charge >= 0.3 is 0 Å². The molecule has 1 aliphatic rings. The largest absolute Gasteiger partial charge is 0.394 e. The van der Waals surface area contributed by atoms with Crippen LogP contribution in [0.25, 0.3) is 5.57 Å². The number of aliphatic hydroxyl groups is 1. The Hall–Kier alpha value is -4.14. The van der Waals surface area contributed by atoms with Crippen molar-refractivity contribution >= 4 is 17.4 Å². The summed E-state index contributed by atoms with van der Waals surface area (Å²) >= 11 is 0. The summed E-state index contributed by atoms with van der Waals surface area (Å²) in [5.41, 5.74) is 6.08. The molecule has 3 N–H and O–H groups in total. The van der Waals surface area contributed by atoms with Gasteiger partial charge in [-0.1, -0.05) is 54.3 Å². The highest BCUT2D eigenvalue weighted by Crippen LogP contribution is 2.29. The first-order valence-corrected chi connectivity index (χ1v) is 11.7. The molecular formula is C30H28N2O3. The highest BCUT2D eigenvalue weighted by atomic mass is 16.3. The minimum Gasteiger partial charge on any atom is -0.394 e. The zero-order valence-corrected chi connectivity index (χ0v) is 19.7. The monoisotopic (exact) mass is 464 g/mol. The molecule has 3 aromatic rings. The molecule has 0 aromatic heterocycles. The predicted molar refractivity (Wildman–Crippen MR) is 138 cm³/mol. The summed E-state index contributed by atoms with van der Waals surface area (Å²) in [5, 5.41) is 15.5. The van der Waals surface area contributed by atoms with Gasteiger partial charge in [0.2, 0.25) is 0 Å². The van der Waals surface area contributed by atoms with Crippen molar-refractivity contribution in [2.75, 3.05) is 13.7 Å². The SMILES string of the molecule is CNC(=O)c1cccc(C#Cc2cccc(C(=O)N[C@@H](CO)CC3=CCCc4ccccc43)c2)c1. The number of allylic oxidation sites excluding steroid dienone is 1. The normalized spacial score (nSPS) is 12.9. The molecule has 0 spiro atoms. The number of fused-ring (bicyclic) bond motifs is 1. The van der Waals surface area contributed by atoms with Gasteiger partial charge in [-0.2, -0.15) is 0 Å². The van der Waals surface area contributed by atoms with E-state index < -0.39 is 0 Å². The average Bonchev–Trinajstić information content (AvgIpc) is 2.91. The van der Waals surface area contributed by atoms with Gasteiger partial charge in [-0.05, 0) is 72.4 Å². The third-order valence-electron chi connectivity index (χ3n) is 6.02. The van der Waals surface area contributed by atoms with Crippen molar-refractivity contribution in [2.45, 2.75) is 25.3 Å². The van der Waals surface area contributed by atoms with Gasteiger partial charge in [0.15, 0.2) is 0 Å². The van der Waals surface area contributed by atoms with Crippen LogP contribution >= 0.6 is 0 Å². The van der Waals surface area contributed by atoms with E-state index in [0.717, 1.165) is 18.4 Å². The van der Waals surface area contributed by atoms with E-state index in [9.17, 15) is 14.7 Å². The summed E-state index contributed by atoms with van der Waals surface area (Å²) in [6.45, 7) is -0.146. The summed E-state index contributed by atoms with van der Waals surface area (Å²) in [7, 11) is 1.59. The lowest BCUT2D eigenvalue weighted by Crippen LogP contribution is -2.37. The molecule has 0 bridgehead atoms. The van der Waals surface area contributed by atoms with Crippen LogP contribution in [0.4, 0.5) is 0 Å². The Bertz CT molecular complexity index is 1330. The smallest absolute Gasteiger partial charge is 0.251 e. The molecule has 0 heterocycles. The van der Waals surface area contributed by atoms with Gasteiger partial charge in [0.25, 0.3) is 11.8 Å². The number of aryl methyl sites for hydroxylation is 1. The van der Waals surface area contributed by atoms with Crippen molar-refractivity contribution in [3.05, 3.63) is 112 Å². The standard InChI is InChI=1S/C30H28N2O3/c1-31-29(34)25-12-4-7-21(17-25)15-16-22-8-5-13-26(18-22)30(35)32-27(20-33)19-24-11-6-10-23-9-2-3-14-28(23)24/h2-5,7-9,11-14,17-18,27,33H,6,10,19-20H2,1H3,(H,31,34)(H,32,35)/t27-/m1/s1. The topological polar surface area (TPSA) is 78.4 Å². The molecule has 0 unspecified atom stereocenters. The second kappa shape index (κ2) is 11.3. The minimum absolute atomic E-state index is 0.146. The summed E-state index contributed by atoms with van der Waals surface area (Å²) in [4.78, 5) is 24.8. The fourth-order valence-corrected chi connectivity index (χ4v) is 4.22. The first kappa shape index (κ1) is 24.0. The van der Waals surface area contributed by atoms with E-state index in [1.54, 1.807) is 43.4 Å². The molecule has 0 fully saturated rings. The second-order valence-electron chi connectivity index (χ2n) is 8.47. The summed E-state index contributed by atoms with van der Waals surface area (Å²) in [5.74, 6) is 5.70. The molecule has 176 valence electrons. The van der Waals surface area contributed by atoms with Gasteiger partial charge in [-0.25, -0.2) is 0 Å². The molecule has 2 amide bonds. The van der Waals surface area contributed by atoms with Gasteiger partial charge in [0.05, 0.1) is 12.6 Å². The van der Waals surface area contributed by atoms with Gasteiger partial charge < -0.3 is 15.7 Å². The number of aliphatic hydroxyl groups excluding tert-OH is 1. The highest BCUT2D eigenvalue weighted by molar-refractivity contribution is 5.95. The molecule has 4 rings (SSSR count). The summed E-state index contributed by atoms with van der Waals surface area (Å²) in [6.07, 6.45) is 4.75. The number of carbonyl (C=O) groups is 2. The zero-order chi connectivity index (χ0) is 24.6. The van der Waals surface area contributed by atoms with Crippen molar-refractivity contribution < 1.29 is 14.7 Å². The van der Waals surface area contributed by atoms with Crippen LogP contribution in [0.3, 0.4) is 0 Å². The maximum absolute atomic E-state index is 12.9. The molecule has 1 atom stereocenters. The Balaban J connectivity index is 1.45. The van der Waals surface area contributed by atoms with Crippen molar-refractivity contribution in [3.8, 4) is 11.8 Å². The maximum atomic E-state index is 12.9. The molecule has 0 saturated carbocycles. The molecule has 35 heavy (non-hydrogen) atoms. The molecule has 5 nitrogen and oxygen atoms in total. The molecule has 1 aliphatic carbocycles. The van der Waals surface area contributed by atoms with E-state index in [1.807, 2.05) is 24.3 Å². The zero-order valence-electron chi connectivity index (χ0n) is 19.7. The van der Waals surface area contributed by atoms with E-state index in [-0.39, 0.29) is 24.5 Å². The maximum Gasteiger partial charge on any atom is 0.251 e. The van der Waals surface area contributed by atoms with Gasteiger partial charge in [0.1, 0.15) is 0 Å². The Kier molecular flexibility index (Phi) is 7.77. The van der Waals surface area contributed by atoms with Crippen LogP contribution in [-0.2, 0) is 6.42 Å². The van der Waals surface area contributed by atoms with Crippen molar-refractivity contribution in [2.24, 2.45) is 0 Å². The Morgan fingerprint density at radius 1 is 0.914 bits per heavy atom. The number of carbonyl (C=O) groups excluding carboxylic acids is 2. The lowest BCUT2D eigenvalue weighted by atomic mass is 9.87. The first-order valence-electron chi connectivity index (χ1n) is 11.7. The lowest BCUT2D eigenvalue weighted by Gasteiger charge is -2.22. The Morgan fingerprint density at radius 2 is 1.57 bits per heavy atom. The lowest BCUT2D eigenvalue weighted by molar-refractivity contribution is 0.0916. The second-order valence-corrected chi connectivity index (χ2v) is 8.47. The van der Waals surface area contributed by atoms with Gasteiger partial charge in [0, 0.05) is 29.3 Å². The van der Waals surface area contributed by atoms with E-state index >= 15 is 0 Å². The summed E-state index contributed by atoms with van der Waals surface area (Å²) in [6, 6.07) is 22.1. The van der Waals surface area contributed by atoms with Crippen LogP contribution in [0.5, 0.6) is 0 Å². The molecule has 0 radical (unpaired) electrons. The number of benzene rings is 3. The first-order chi connectivity index (χ1) is 17.1. The van der Waals surface area contributed by atoms with E-state index in [1.165, 1.54) is 11.1 Å². The van der Waals surface area contributed by atoms with Crippen molar-refractivity contribution in [1.82, 2.24) is 10.6 Å². The quantitative estimate of drug-likeness (QED) is 0.484. The third-order valence-corrected chi connectivity index (χ3v) is 6.02. The number of nitrogens with one attached hydrogen (secondary N) is 2. The Labute approximate surface area is 205 Å². The van der Waals surface area contributed by atoms with E-state index in [4.69, 9.17) is 0 Å². The molecule has 5 heteroatoms. The number of hydrogen-bond donors (Lipinski definition) is 3. The van der Waals surface area contributed by atoms with Crippen LogP contribution in [0.2, 0.25) is 0 Å². The van der Waals surface area contributed by atoms with E-state index in [0.29, 0.717) is 28.7 Å². The van der Waals surface area contributed by atoms with Crippen LogP contribution in [0, 0.1) is 11.8 Å². The van der Waals surface area contributed by atoms with Crippen LogP contribution < -0.4 is 10.6 Å². The molecule has 0 saturated heterocycles. The molecule has 0 aliphatic heterocycles. The van der Waals surface area contributed by atoms with Crippen LogP contribution in [0.1, 0.15) is 55.8 Å². The minimum atomic E-state index is -0.387. The number of hydrogen-bond acceptors (Lipinski definition) is 3. The average molecular weight is 465 g/mol. The molecular weight excluding hydrogens is 436 g/mol. The van der Waals surface area contributed by atoms with Gasteiger partial charge in [-0.15, -0.1) is 0 Å². The van der Waals surface area contributed by atoms with Crippen LogP contribution in [0.15, 0.2) is 78.9 Å². The molecule has 3 aromatic carbocycles. The van der Waals surface area contributed by atoms with Crippen LogP contribution in [-0.4, -0.2) is 36.6 Å².